The predicted molar refractivity (Wildman–Crippen MR) is 165 cm³/mol. The molecule has 1 atom stereocenters. The Morgan fingerprint density at radius 1 is 1.05 bits per heavy atom. The molecule has 0 radical (unpaired) electrons. The SMILES string of the molecule is CCCCOc1ccc(C2/C(=C(/O)c3ccc(C)cc3)C(=O)C(=O)N2c2nnc(SCc3ccc(F)cc3)s2)cc1OC. The summed E-state index contributed by atoms with van der Waals surface area (Å²) in [4.78, 5) is 28.4. The number of ether oxygens (including phenoxy) is 2. The summed E-state index contributed by atoms with van der Waals surface area (Å²) >= 11 is 2.54. The normalized spacial score (nSPS) is 16.1. The van der Waals surface area contributed by atoms with E-state index in [0.717, 1.165) is 35.3 Å². The van der Waals surface area contributed by atoms with E-state index < -0.39 is 17.7 Å². The molecule has 1 unspecified atom stereocenters. The van der Waals surface area contributed by atoms with Crippen molar-refractivity contribution in [2.45, 2.75) is 42.8 Å². The number of Topliss-reactive ketones (excluding diaryl/α,β-unsaturated/α-hetero) is 1. The fourth-order valence-electron chi connectivity index (χ4n) is 4.60. The molecule has 11 heteroatoms. The number of aliphatic hydroxyl groups is 1. The van der Waals surface area contributed by atoms with Gasteiger partial charge in [-0.3, -0.25) is 14.5 Å². The zero-order valence-corrected chi connectivity index (χ0v) is 25.5. The van der Waals surface area contributed by atoms with Crippen molar-refractivity contribution in [1.82, 2.24) is 10.2 Å². The number of aromatic nitrogens is 2. The number of aryl methyl sites for hydroxylation is 1. The van der Waals surface area contributed by atoms with Crippen LogP contribution in [0.2, 0.25) is 0 Å². The summed E-state index contributed by atoms with van der Waals surface area (Å²) in [7, 11) is 1.52. The highest BCUT2D eigenvalue weighted by Crippen LogP contribution is 2.45. The molecule has 0 aliphatic carbocycles. The fraction of sp³-hybridized carbons (Fsp3) is 0.250. The zero-order chi connectivity index (χ0) is 30.5. The predicted octanol–water partition coefficient (Wildman–Crippen LogP) is 7.09. The highest BCUT2D eigenvalue weighted by atomic mass is 32.2. The summed E-state index contributed by atoms with van der Waals surface area (Å²) in [5, 5.41) is 20.1. The number of hydrogen-bond donors (Lipinski definition) is 1. The number of ketones is 1. The Bertz CT molecular complexity index is 1650. The Hall–Kier alpha value is -4.22. The van der Waals surface area contributed by atoms with E-state index in [4.69, 9.17) is 9.47 Å². The highest BCUT2D eigenvalue weighted by Gasteiger charge is 2.48. The Morgan fingerprint density at radius 3 is 2.49 bits per heavy atom. The first-order chi connectivity index (χ1) is 20.8. The smallest absolute Gasteiger partial charge is 0.301 e. The molecular weight excluding hydrogens is 590 g/mol. The number of thioether (sulfide) groups is 1. The minimum atomic E-state index is -0.997. The number of carbonyl (C=O) groups is 2. The molecule has 0 saturated carbocycles. The molecule has 5 rings (SSSR count). The van der Waals surface area contributed by atoms with Crippen LogP contribution in [0.1, 0.15) is 48.1 Å². The number of aliphatic hydroxyl groups excluding tert-OH is 1. The molecule has 0 spiro atoms. The van der Waals surface area contributed by atoms with Gasteiger partial charge in [-0.2, -0.15) is 0 Å². The van der Waals surface area contributed by atoms with Crippen molar-refractivity contribution < 1.29 is 28.6 Å². The summed E-state index contributed by atoms with van der Waals surface area (Å²) in [5.41, 5.74) is 2.76. The van der Waals surface area contributed by atoms with E-state index in [1.54, 1.807) is 42.5 Å². The van der Waals surface area contributed by atoms with Crippen molar-refractivity contribution >= 4 is 45.7 Å². The van der Waals surface area contributed by atoms with Crippen LogP contribution in [0.15, 0.2) is 76.6 Å². The fourth-order valence-corrected chi connectivity index (χ4v) is 6.42. The number of halogens is 1. The first-order valence-corrected chi connectivity index (χ1v) is 15.5. The zero-order valence-electron chi connectivity index (χ0n) is 23.9. The van der Waals surface area contributed by atoms with Gasteiger partial charge in [0.1, 0.15) is 11.6 Å². The second-order valence-electron chi connectivity index (χ2n) is 9.91. The lowest BCUT2D eigenvalue weighted by atomic mass is 9.95. The van der Waals surface area contributed by atoms with Crippen LogP contribution in [-0.2, 0) is 15.3 Å². The topological polar surface area (TPSA) is 102 Å². The van der Waals surface area contributed by atoms with Gasteiger partial charge in [0.25, 0.3) is 5.78 Å². The molecule has 1 saturated heterocycles. The van der Waals surface area contributed by atoms with Gasteiger partial charge in [0.05, 0.1) is 25.3 Å². The Morgan fingerprint density at radius 2 is 1.79 bits per heavy atom. The van der Waals surface area contributed by atoms with E-state index in [-0.39, 0.29) is 22.3 Å². The van der Waals surface area contributed by atoms with E-state index >= 15 is 0 Å². The lowest BCUT2D eigenvalue weighted by Gasteiger charge is -2.23. The van der Waals surface area contributed by atoms with Gasteiger partial charge in [-0.05, 0) is 48.7 Å². The average Bonchev–Trinajstić information content (AvgIpc) is 3.59. The maximum Gasteiger partial charge on any atom is 0.301 e. The molecule has 8 nitrogen and oxygen atoms in total. The number of rotatable bonds is 11. The van der Waals surface area contributed by atoms with Crippen molar-refractivity contribution in [2.75, 3.05) is 18.6 Å². The molecule has 222 valence electrons. The van der Waals surface area contributed by atoms with Crippen LogP contribution >= 0.6 is 23.1 Å². The van der Waals surface area contributed by atoms with Gasteiger partial charge >= 0.3 is 5.91 Å². The van der Waals surface area contributed by atoms with Gasteiger partial charge in [0.2, 0.25) is 5.13 Å². The monoisotopic (exact) mass is 619 g/mol. The van der Waals surface area contributed by atoms with E-state index in [0.29, 0.717) is 39.3 Å². The minimum absolute atomic E-state index is 0.0636. The molecular formula is C32H30FN3O5S2. The molecule has 1 aromatic heterocycles. The van der Waals surface area contributed by atoms with E-state index in [1.807, 2.05) is 19.1 Å². The second kappa shape index (κ2) is 13.4. The van der Waals surface area contributed by atoms with Crippen molar-refractivity contribution in [1.29, 1.82) is 0 Å². The van der Waals surface area contributed by atoms with E-state index in [9.17, 15) is 19.1 Å². The first-order valence-electron chi connectivity index (χ1n) is 13.7. The first kappa shape index (κ1) is 30.2. The number of carbonyl (C=O) groups excluding carboxylic acids is 2. The third-order valence-corrected chi connectivity index (χ3v) is 9.03. The summed E-state index contributed by atoms with van der Waals surface area (Å²) in [6.07, 6.45) is 1.85. The van der Waals surface area contributed by atoms with Crippen LogP contribution in [0.4, 0.5) is 9.52 Å². The van der Waals surface area contributed by atoms with Gasteiger partial charge in [-0.15, -0.1) is 10.2 Å². The molecule has 1 N–H and O–H groups in total. The van der Waals surface area contributed by atoms with Gasteiger partial charge in [0.15, 0.2) is 15.8 Å². The van der Waals surface area contributed by atoms with Crippen molar-refractivity contribution in [3.63, 3.8) is 0 Å². The number of unbranched alkanes of at least 4 members (excludes halogenated alkanes) is 1. The largest absolute Gasteiger partial charge is 0.507 e. The number of nitrogens with zero attached hydrogens (tertiary/aromatic N) is 3. The third kappa shape index (κ3) is 6.57. The van der Waals surface area contributed by atoms with Crippen LogP contribution in [-0.4, -0.2) is 40.7 Å². The molecule has 1 amide bonds. The van der Waals surface area contributed by atoms with Crippen molar-refractivity contribution in [3.8, 4) is 11.5 Å². The molecule has 2 heterocycles. The second-order valence-corrected chi connectivity index (χ2v) is 12.1. The third-order valence-electron chi connectivity index (χ3n) is 6.91. The standard InChI is InChI=1S/C32H30FN3O5S2/c1-4-5-16-41-24-15-12-22(17-25(24)40-3)27-26(28(37)21-10-6-19(2)7-11-21)29(38)30(39)36(27)31-34-35-32(43-31)42-18-20-8-13-23(33)14-9-20/h6-15,17,27,37H,4-5,16,18H2,1-3H3/b28-26-. The van der Waals surface area contributed by atoms with E-state index in [2.05, 4.69) is 17.1 Å². The van der Waals surface area contributed by atoms with Crippen LogP contribution in [0.3, 0.4) is 0 Å². The molecule has 3 aromatic carbocycles. The van der Waals surface area contributed by atoms with Crippen LogP contribution in [0.25, 0.3) is 5.76 Å². The average molecular weight is 620 g/mol. The van der Waals surface area contributed by atoms with Crippen LogP contribution in [0.5, 0.6) is 11.5 Å². The molecule has 1 aliphatic rings. The Balaban J connectivity index is 1.55. The number of amides is 1. The summed E-state index contributed by atoms with van der Waals surface area (Å²) < 4.78 is 25.4. The molecule has 1 fully saturated rings. The van der Waals surface area contributed by atoms with Crippen LogP contribution in [0, 0.1) is 12.7 Å². The lowest BCUT2D eigenvalue weighted by molar-refractivity contribution is -0.132. The van der Waals surface area contributed by atoms with Gasteiger partial charge in [-0.1, -0.05) is 84.5 Å². The molecule has 1 aliphatic heterocycles. The lowest BCUT2D eigenvalue weighted by Crippen LogP contribution is -2.29. The quantitative estimate of drug-likeness (QED) is 0.0474. The highest BCUT2D eigenvalue weighted by molar-refractivity contribution is 8.00. The Kier molecular flexibility index (Phi) is 9.42. The minimum Gasteiger partial charge on any atom is -0.507 e. The van der Waals surface area contributed by atoms with E-state index in [1.165, 1.54) is 35.9 Å². The maximum absolute atomic E-state index is 13.6. The Labute approximate surface area is 257 Å². The van der Waals surface area contributed by atoms with Gasteiger partial charge < -0.3 is 14.6 Å². The van der Waals surface area contributed by atoms with Crippen molar-refractivity contribution in [3.05, 3.63) is 100 Å². The van der Waals surface area contributed by atoms with Gasteiger partial charge in [0, 0.05) is 11.3 Å². The van der Waals surface area contributed by atoms with Crippen LogP contribution < -0.4 is 14.4 Å². The summed E-state index contributed by atoms with van der Waals surface area (Å²) in [5.74, 6) is -0.781. The maximum atomic E-state index is 13.6. The van der Waals surface area contributed by atoms with Gasteiger partial charge in [-0.25, -0.2) is 4.39 Å². The summed E-state index contributed by atoms with van der Waals surface area (Å²) in [6, 6.07) is 17.4. The number of methoxy groups -OCH3 is 1. The number of hydrogen-bond acceptors (Lipinski definition) is 9. The number of anilines is 1. The molecule has 0 bridgehead atoms. The summed E-state index contributed by atoms with van der Waals surface area (Å²) in [6.45, 7) is 4.50. The number of benzene rings is 3. The van der Waals surface area contributed by atoms with Crippen molar-refractivity contribution in [2.24, 2.45) is 0 Å². The molecule has 43 heavy (non-hydrogen) atoms. The molecule has 4 aromatic rings.